The SMILES string of the molecule is Cc1ccnc(NS(=O)(=O)c2cc(N)c(F)cc2Br)c1. The zero-order valence-corrected chi connectivity index (χ0v) is 12.8. The van der Waals surface area contributed by atoms with Crippen molar-refractivity contribution in [1.82, 2.24) is 4.98 Å². The van der Waals surface area contributed by atoms with Crippen LogP contribution in [0.1, 0.15) is 5.56 Å². The third kappa shape index (κ3) is 3.07. The lowest BCUT2D eigenvalue weighted by Crippen LogP contribution is -2.15. The van der Waals surface area contributed by atoms with Gasteiger partial charge >= 0.3 is 0 Å². The number of pyridine rings is 1. The molecule has 0 atom stereocenters. The monoisotopic (exact) mass is 359 g/mol. The maximum absolute atomic E-state index is 13.2. The highest BCUT2D eigenvalue weighted by atomic mass is 79.9. The molecule has 1 heterocycles. The zero-order valence-electron chi connectivity index (χ0n) is 10.4. The van der Waals surface area contributed by atoms with Crippen molar-refractivity contribution in [2.75, 3.05) is 10.5 Å². The number of aryl methyl sites for hydroxylation is 1. The number of aromatic nitrogens is 1. The number of benzene rings is 1. The molecule has 0 spiro atoms. The van der Waals surface area contributed by atoms with Gasteiger partial charge in [0.05, 0.1) is 5.69 Å². The fourth-order valence-corrected chi connectivity index (χ4v) is 3.58. The number of hydrogen-bond acceptors (Lipinski definition) is 4. The molecule has 0 saturated heterocycles. The standard InChI is InChI=1S/C12H11BrFN3O2S/c1-7-2-3-16-12(4-7)17-20(18,19)11-6-10(15)9(14)5-8(11)13/h2-6H,15H2,1H3,(H,16,17). The summed E-state index contributed by atoms with van der Waals surface area (Å²) in [6.45, 7) is 1.81. The van der Waals surface area contributed by atoms with Crippen LogP contribution in [0, 0.1) is 12.7 Å². The average molecular weight is 360 g/mol. The number of sulfonamides is 1. The van der Waals surface area contributed by atoms with Crippen molar-refractivity contribution in [2.45, 2.75) is 11.8 Å². The lowest BCUT2D eigenvalue weighted by Gasteiger charge is -2.10. The molecule has 1 aromatic carbocycles. The largest absolute Gasteiger partial charge is 0.396 e. The normalized spacial score (nSPS) is 11.3. The third-order valence-corrected chi connectivity index (χ3v) is 4.81. The second-order valence-corrected chi connectivity index (χ2v) is 6.63. The highest BCUT2D eigenvalue weighted by Gasteiger charge is 2.20. The number of nitrogens with two attached hydrogens (primary N) is 1. The number of nitrogens with one attached hydrogen (secondary N) is 1. The van der Waals surface area contributed by atoms with Crippen molar-refractivity contribution < 1.29 is 12.8 Å². The van der Waals surface area contributed by atoms with Gasteiger partial charge in [-0.2, -0.15) is 0 Å². The van der Waals surface area contributed by atoms with Crippen LogP contribution in [0.15, 0.2) is 39.8 Å². The van der Waals surface area contributed by atoms with Gasteiger partial charge in [-0.1, -0.05) is 0 Å². The Morgan fingerprint density at radius 2 is 2.05 bits per heavy atom. The van der Waals surface area contributed by atoms with Gasteiger partial charge in [0.25, 0.3) is 10.0 Å². The Morgan fingerprint density at radius 1 is 1.35 bits per heavy atom. The molecule has 5 nitrogen and oxygen atoms in total. The van der Waals surface area contributed by atoms with Crippen LogP contribution in [0.25, 0.3) is 0 Å². The molecule has 0 aliphatic heterocycles. The second-order valence-electron chi connectivity index (χ2n) is 4.13. The highest BCUT2D eigenvalue weighted by molar-refractivity contribution is 9.10. The fraction of sp³-hybridized carbons (Fsp3) is 0.0833. The number of nitrogens with zero attached hydrogens (tertiary/aromatic N) is 1. The lowest BCUT2D eigenvalue weighted by atomic mass is 10.3. The topological polar surface area (TPSA) is 85.1 Å². The Labute approximate surface area is 124 Å². The minimum absolute atomic E-state index is 0.0874. The van der Waals surface area contributed by atoms with Gasteiger partial charge in [0, 0.05) is 10.7 Å². The van der Waals surface area contributed by atoms with E-state index < -0.39 is 15.8 Å². The van der Waals surface area contributed by atoms with E-state index in [9.17, 15) is 12.8 Å². The number of anilines is 2. The summed E-state index contributed by atoms with van der Waals surface area (Å²) in [5.74, 6) is -0.510. The first kappa shape index (κ1) is 14.7. The number of nitrogen functional groups attached to an aromatic ring is 1. The van der Waals surface area contributed by atoms with Gasteiger partial charge in [-0.25, -0.2) is 17.8 Å². The predicted octanol–water partition coefficient (Wildman–Crippen LogP) is 2.67. The molecule has 0 saturated carbocycles. The van der Waals surface area contributed by atoms with E-state index in [4.69, 9.17) is 5.73 Å². The third-order valence-electron chi connectivity index (χ3n) is 2.50. The minimum Gasteiger partial charge on any atom is -0.396 e. The molecule has 2 rings (SSSR count). The van der Waals surface area contributed by atoms with Crippen LogP contribution in [-0.4, -0.2) is 13.4 Å². The van der Waals surface area contributed by atoms with Crippen LogP contribution in [0.5, 0.6) is 0 Å². The summed E-state index contributed by atoms with van der Waals surface area (Å²) >= 11 is 3.01. The first-order valence-corrected chi connectivity index (χ1v) is 7.77. The van der Waals surface area contributed by atoms with Crippen LogP contribution >= 0.6 is 15.9 Å². The summed E-state index contributed by atoms with van der Waals surface area (Å²) in [5, 5.41) is 0. The van der Waals surface area contributed by atoms with Gasteiger partial charge in [-0.3, -0.25) is 4.72 Å². The Hall–Kier alpha value is -1.67. The van der Waals surface area contributed by atoms with Crippen molar-refractivity contribution in [1.29, 1.82) is 0 Å². The van der Waals surface area contributed by atoms with Crippen LogP contribution in [0.4, 0.5) is 15.9 Å². The number of hydrogen-bond donors (Lipinski definition) is 2. The molecule has 20 heavy (non-hydrogen) atoms. The Balaban J connectivity index is 2.43. The van der Waals surface area contributed by atoms with Gasteiger partial charge in [0.15, 0.2) is 0 Å². The van der Waals surface area contributed by atoms with Crippen LogP contribution in [0.2, 0.25) is 0 Å². The van der Waals surface area contributed by atoms with E-state index in [1.165, 1.54) is 6.20 Å². The maximum Gasteiger partial charge on any atom is 0.264 e. The Morgan fingerprint density at radius 3 is 2.70 bits per heavy atom. The van der Waals surface area contributed by atoms with E-state index in [0.717, 1.165) is 17.7 Å². The molecular formula is C12H11BrFN3O2S. The molecule has 0 aliphatic rings. The molecule has 106 valence electrons. The molecular weight excluding hydrogens is 349 g/mol. The Kier molecular flexibility index (Phi) is 3.96. The summed E-state index contributed by atoms with van der Waals surface area (Å²) in [7, 11) is -3.91. The minimum atomic E-state index is -3.91. The molecule has 8 heteroatoms. The molecule has 0 fully saturated rings. The summed E-state index contributed by atoms with van der Waals surface area (Å²) in [4.78, 5) is 3.76. The summed E-state index contributed by atoms with van der Waals surface area (Å²) in [6.07, 6.45) is 1.49. The molecule has 0 bridgehead atoms. The van der Waals surface area contributed by atoms with Crippen molar-refractivity contribution in [3.05, 3.63) is 46.3 Å². The van der Waals surface area contributed by atoms with Crippen LogP contribution < -0.4 is 10.5 Å². The maximum atomic E-state index is 13.2. The first-order chi connectivity index (χ1) is 9.29. The fourth-order valence-electron chi connectivity index (χ4n) is 1.54. The first-order valence-electron chi connectivity index (χ1n) is 5.49. The Bertz CT molecular complexity index is 765. The lowest BCUT2D eigenvalue weighted by molar-refractivity contribution is 0.599. The molecule has 0 amide bonds. The van der Waals surface area contributed by atoms with E-state index in [0.29, 0.717) is 0 Å². The second kappa shape index (κ2) is 5.37. The van der Waals surface area contributed by atoms with E-state index in [1.54, 1.807) is 12.1 Å². The average Bonchev–Trinajstić information content (AvgIpc) is 2.33. The van der Waals surface area contributed by atoms with Gasteiger partial charge in [0.1, 0.15) is 16.5 Å². The smallest absolute Gasteiger partial charge is 0.264 e. The van der Waals surface area contributed by atoms with E-state index >= 15 is 0 Å². The molecule has 1 aromatic heterocycles. The molecule has 0 radical (unpaired) electrons. The highest BCUT2D eigenvalue weighted by Crippen LogP contribution is 2.28. The van der Waals surface area contributed by atoms with Gasteiger partial charge in [-0.05, 0) is 52.7 Å². The predicted molar refractivity (Wildman–Crippen MR) is 78.3 cm³/mol. The number of rotatable bonds is 3. The van der Waals surface area contributed by atoms with E-state index in [-0.39, 0.29) is 20.9 Å². The zero-order chi connectivity index (χ0) is 14.9. The van der Waals surface area contributed by atoms with Crippen LogP contribution in [-0.2, 0) is 10.0 Å². The van der Waals surface area contributed by atoms with E-state index in [2.05, 4.69) is 25.6 Å². The van der Waals surface area contributed by atoms with Gasteiger partial charge in [0.2, 0.25) is 0 Å². The van der Waals surface area contributed by atoms with Crippen molar-refractivity contribution in [3.8, 4) is 0 Å². The van der Waals surface area contributed by atoms with Gasteiger partial charge in [-0.15, -0.1) is 0 Å². The summed E-state index contributed by atoms with van der Waals surface area (Å²) in [6, 6.07) is 5.38. The molecule has 3 N–H and O–H groups in total. The quantitative estimate of drug-likeness (QED) is 0.825. The van der Waals surface area contributed by atoms with Crippen molar-refractivity contribution in [3.63, 3.8) is 0 Å². The molecule has 2 aromatic rings. The number of halogens is 2. The summed E-state index contributed by atoms with van der Waals surface area (Å²) < 4.78 is 40.1. The van der Waals surface area contributed by atoms with E-state index in [1.807, 2.05) is 6.92 Å². The molecule has 0 unspecified atom stereocenters. The van der Waals surface area contributed by atoms with Crippen molar-refractivity contribution >= 4 is 37.5 Å². The summed E-state index contributed by atoms with van der Waals surface area (Å²) in [5.41, 5.74) is 6.01. The molecule has 0 aliphatic carbocycles. The van der Waals surface area contributed by atoms with Gasteiger partial charge < -0.3 is 5.73 Å². The van der Waals surface area contributed by atoms with Crippen molar-refractivity contribution in [2.24, 2.45) is 0 Å². The van der Waals surface area contributed by atoms with Crippen LogP contribution in [0.3, 0.4) is 0 Å².